The van der Waals surface area contributed by atoms with Gasteiger partial charge in [0.05, 0.1) is 11.2 Å². The van der Waals surface area contributed by atoms with Gasteiger partial charge < -0.3 is 4.90 Å². The third-order valence-corrected chi connectivity index (χ3v) is 2.57. The maximum absolute atomic E-state index is 11.9. The van der Waals surface area contributed by atoms with E-state index < -0.39 is 5.54 Å². The Kier molecular flexibility index (Phi) is 3.70. The Hall–Kier alpha value is -1.36. The Morgan fingerprint density at radius 1 is 1.56 bits per heavy atom. The number of hydrogen-bond acceptors (Lipinski definition) is 3. The first-order valence-corrected chi connectivity index (χ1v) is 5.28. The normalized spacial score (nSPS) is 11.6. The molecule has 0 unspecified atom stereocenters. The minimum absolute atomic E-state index is 0.0645. The van der Waals surface area contributed by atoms with Crippen LogP contribution in [0.15, 0.2) is 12.3 Å². The molecule has 1 amide bonds. The zero-order valence-corrected chi connectivity index (χ0v) is 10.6. The van der Waals surface area contributed by atoms with Crippen LogP contribution in [0.4, 0.5) is 0 Å². The second-order valence-corrected chi connectivity index (χ2v) is 4.62. The highest BCUT2D eigenvalue weighted by Gasteiger charge is 2.28. The lowest BCUT2D eigenvalue weighted by atomic mass is 10.0. The maximum Gasteiger partial charge on any atom is 0.241 e. The zero-order chi connectivity index (χ0) is 12.3. The smallest absolute Gasteiger partial charge is 0.241 e. The molecule has 1 aromatic rings. The second kappa shape index (κ2) is 4.65. The second-order valence-electron chi connectivity index (χ2n) is 4.62. The monoisotopic (exact) mass is 224 g/mol. The van der Waals surface area contributed by atoms with Gasteiger partial charge in [-0.3, -0.25) is 14.8 Å². The van der Waals surface area contributed by atoms with Crippen molar-refractivity contribution in [2.75, 3.05) is 14.1 Å². The molecule has 1 aromatic heterocycles. The van der Waals surface area contributed by atoms with E-state index in [1.807, 2.05) is 27.0 Å². The van der Waals surface area contributed by atoms with Crippen molar-refractivity contribution >= 4 is 5.91 Å². The predicted molar refractivity (Wildman–Crippen MR) is 62.8 cm³/mol. The van der Waals surface area contributed by atoms with E-state index in [0.29, 0.717) is 6.54 Å². The molecule has 0 aliphatic heterocycles. The van der Waals surface area contributed by atoms with Crippen LogP contribution in [0.25, 0.3) is 0 Å². The van der Waals surface area contributed by atoms with E-state index in [0.717, 1.165) is 5.69 Å². The Morgan fingerprint density at radius 2 is 2.19 bits per heavy atom. The van der Waals surface area contributed by atoms with Gasteiger partial charge in [-0.05, 0) is 19.9 Å². The van der Waals surface area contributed by atoms with Gasteiger partial charge in [0.2, 0.25) is 5.91 Å². The first-order valence-electron chi connectivity index (χ1n) is 5.28. The molecule has 1 N–H and O–H groups in total. The summed E-state index contributed by atoms with van der Waals surface area (Å²) in [6, 6.07) is 1.93. The van der Waals surface area contributed by atoms with E-state index >= 15 is 0 Å². The molecule has 5 heteroatoms. The fraction of sp³-hybridized carbons (Fsp3) is 0.636. The number of amides is 1. The topological polar surface area (TPSA) is 50.2 Å². The number of rotatable bonds is 4. The van der Waals surface area contributed by atoms with Crippen LogP contribution >= 0.6 is 0 Å². The largest absolute Gasteiger partial charge is 0.347 e. The molecule has 16 heavy (non-hydrogen) atoms. The molecule has 0 fully saturated rings. The molecular weight excluding hydrogens is 204 g/mol. The van der Waals surface area contributed by atoms with Gasteiger partial charge in [-0.2, -0.15) is 5.10 Å². The van der Waals surface area contributed by atoms with Crippen LogP contribution in [-0.4, -0.2) is 40.2 Å². The van der Waals surface area contributed by atoms with Crippen molar-refractivity contribution < 1.29 is 4.79 Å². The average molecular weight is 224 g/mol. The third-order valence-electron chi connectivity index (χ3n) is 2.57. The number of hydrogen-bond donors (Lipinski definition) is 1. The summed E-state index contributed by atoms with van der Waals surface area (Å²) in [6.07, 6.45) is 1.75. The summed E-state index contributed by atoms with van der Waals surface area (Å²) in [5.41, 5.74) is 0.493. The molecule has 0 saturated heterocycles. The first kappa shape index (κ1) is 12.7. The fourth-order valence-electron chi connectivity index (χ4n) is 1.52. The lowest BCUT2D eigenvalue weighted by Gasteiger charge is -2.28. The Labute approximate surface area is 96.4 Å². The highest BCUT2D eigenvalue weighted by Crippen LogP contribution is 2.07. The van der Waals surface area contributed by atoms with E-state index in [4.69, 9.17) is 0 Å². The van der Waals surface area contributed by atoms with Crippen molar-refractivity contribution in [1.29, 1.82) is 0 Å². The van der Waals surface area contributed by atoms with Gasteiger partial charge in [0.25, 0.3) is 0 Å². The summed E-state index contributed by atoms with van der Waals surface area (Å²) in [4.78, 5) is 13.4. The van der Waals surface area contributed by atoms with Crippen molar-refractivity contribution in [2.45, 2.75) is 25.9 Å². The Morgan fingerprint density at radius 3 is 2.62 bits per heavy atom. The predicted octanol–water partition coefficient (Wildman–Crippen LogP) is 0.376. The summed E-state index contributed by atoms with van der Waals surface area (Å²) in [5, 5.41) is 7.31. The molecule has 0 saturated carbocycles. The van der Waals surface area contributed by atoms with Crippen molar-refractivity contribution in [2.24, 2.45) is 7.05 Å². The molecule has 0 radical (unpaired) electrons. The van der Waals surface area contributed by atoms with Gasteiger partial charge >= 0.3 is 0 Å². The SMILES string of the molecule is CN(C)C(=O)C(C)(C)NCc1ccnn1C. The number of nitrogens with one attached hydrogen (secondary N) is 1. The maximum atomic E-state index is 11.9. The number of nitrogens with zero attached hydrogens (tertiary/aromatic N) is 3. The van der Waals surface area contributed by atoms with Crippen LogP contribution < -0.4 is 5.32 Å². The standard InChI is InChI=1S/C11H20N4O/c1-11(2,10(16)14(3)4)12-8-9-6-7-13-15(9)5/h6-7,12H,8H2,1-5H3. The van der Waals surface area contributed by atoms with Gasteiger partial charge in [-0.25, -0.2) is 0 Å². The molecule has 1 rings (SSSR count). The molecule has 0 aromatic carbocycles. The number of carbonyl (C=O) groups is 1. The first-order chi connectivity index (χ1) is 7.34. The molecule has 0 aliphatic carbocycles. The van der Waals surface area contributed by atoms with Crippen LogP contribution in [0, 0.1) is 0 Å². The van der Waals surface area contributed by atoms with E-state index in [1.165, 1.54) is 0 Å². The summed E-state index contributed by atoms with van der Waals surface area (Å²) in [7, 11) is 5.41. The van der Waals surface area contributed by atoms with E-state index in [-0.39, 0.29) is 5.91 Å². The molecule has 5 nitrogen and oxygen atoms in total. The molecule has 0 aliphatic rings. The highest BCUT2D eigenvalue weighted by atomic mass is 16.2. The Bertz CT molecular complexity index is 368. The Balaban J connectivity index is 2.61. The lowest BCUT2D eigenvalue weighted by Crippen LogP contribution is -2.51. The lowest BCUT2D eigenvalue weighted by molar-refractivity contribution is -0.134. The number of aromatic nitrogens is 2. The van der Waals surface area contributed by atoms with Crippen LogP contribution in [0.2, 0.25) is 0 Å². The third kappa shape index (κ3) is 2.82. The minimum Gasteiger partial charge on any atom is -0.347 e. The summed E-state index contributed by atoms with van der Waals surface area (Å²) >= 11 is 0. The van der Waals surface area contributed by atoms with Crippen LogP contribution in [0.5, 0.6) is 0 Å². The molecular formula is C11H20N4O. The van der Waals surface area contributed by atoms with Crippen LogP contribution in [-0.2, 0) is 18.4 Å². The van der Waals surface area contributed by atoms with E-state index in [2.05, 4.69) is 10.4 Å². The highest BCUT2D eigenvalue weighted by molar-refractivity contribution is 5.84. The minimum atomic E-state index is -0.562. The number of likely N-dealkylation sites (N-methyl/N-ethyl adjacent to an activating group) is 1. The van der Waals surface area contributed by atoms with E-state index in [9.17, 15) is 4.79 Å². The quantitative estimate of drug-likeness (QED) is 0.804. The van der Waals surface area contributed by atoms with Gasteiger partial charge in [0, 0.05) is 33.9 Å². The van der Waals surface area contributed by atoms with Crippen molar-refractivity contribution in [3.05, 3.63) is 18.0 Å². The summed E-state index contributed by atoms with van der Waals surface area (Å²) in [5.74, 6) is 0.0645. The van der Waals surface area contributed by atoms with Gasteiger partial charge in [0.15, 0.2) is 0 Å². The molecule has 0 spiro atoms. The van der Waals surface area contributed by atoms with Gasteiger partial charge in [-0.15, -0.1) is 0 Å². The summed E-state index contributed by atoms with van der Waals surface area (Å²) < 4.78 is 1.79. The molecule has 1 heterocycles. The molecule has 0 bridgehead atoms. The van der Waals surface area contributed by atoms with Crippen LogP contribution in [0.3, 0.4) is 0 Å². The number of carbonyl (C=O) groups excluding carboxylic acids is 1. The summed E-state index contributed by atoms with van der Waals surface area (Å²) in [6.45, 7) is 4.39. The van der Waals surface area contributed by atoms with Gasteiger partial charge in [0.1, 0.15) is 0 Å². The van der Waals surface area contributed by atoms with E-state index in [1.54, 1.807) is 29.9 Å². The number of aryl methyl sites for hydroxylation is 1. The van der Waals surface area contributed by atoms with Crippen LogP contribution in [0.1, 0.15) is 19.5 Å². The van der Waals surface area contributed by atoms with Crippen molar-refractivity contribution in [3.8, 4) is 0 Å². The zero-order valence-electron chi connectivity index (χ0n) is 10.6. The molecule has 90 valence electrons. The van der Waals surface area contributed by atoms with Crippen molar-refractivity contribution in [1.82, 2.24) is 20.0 Å². The molecule has 0 atom stereocenters. The average Bonchev–Trinajstić information content (AvgIpc) is 2.60. The fourth-order valence-corrected chi connectivity index (χ4v) is 1.52. The van der Waals surface area contributed by atoms with Gasteiger partial charge in [-0.1, -0.05) is 0 Å². The van der Waals surface area contributed by atoms with Crippen molar-refractivity contribution in [3.63, 3.8) is 0 Å².